The molecule has 0 spiro atoms. The average molecular weight is 515 g/mol. The fraction of sp³-hybridized carbons (Fsp3) is 0.217. The van der Waals surface area contributed by atoms with Crippen molar-refractivity contribution in [1.29, 1.82) is 5.41 Å². The van der Waals surface area contributed by atoms with E-state index in [1.165, 1.54) is 12.4 Å². The molecule has 3 heterocycles. The van der Waals surface area contributed by atoms with Gasteiger partial charge in [-0.1, -0.05) is 23.2 Å². The molecule has 2 amide bonds. The second-order valence-electron chi connectivity index (χ2n) is 7.90. The Morgan fingerprint density at radius 3 is 2.34 bits per heavy atom. The van der Waals surface area contributed by atoms with Gasteiger partial charge >= 0.3 is 6.03 Å². The van der Waals surface area contributed by atoms with Crippen LogP contribution >= 0.6 is 23.2 Å². The molecule has 182 valence electrons. The lowest BCUT2D eigenvalue weighted by Gasteiger charge is -2.34. The number of rotatable bonds is 6. The van der Waals surface area contributed by atoms with Crippen LogP contribution in [0.4, 0.5) is 16.3 Å². The third-order valence-corrected chi connectivity index (χ3v) is 6.29. The van der Waals surface area contributed by atoms with E-state index in [1.54, 1.807) is 35.4 Å². The number of hydrogen-bond acceptors (Lipinski definition) is 8. The van der Waals surface area contributed by atoms with Gasteiger partial charge in [0.05, 0.1) is 15.8 Å². The molecule has 1 aromatic carbocycles. The highest BCUT2D eigenvalue weighted by Gasteiger charge is 2.21. The lowest BCUT2D eigenvalue weighted by atomic mass is 10.0. The number of halogens is 2. The van der Waals surface area contributed by atoms with Gasteiger partial charge in [0.25, 0.3) is 0 Å². The van der Waals surface area contributed by atoms with E-state index in [4.69, 9.17) is 50.5 Å². The Hall–Kier alpha value is -3.60. The number of pyridine rings is 2. The van der Waals surface area contributed by atoms with E-state index in [0.29, 0.717) is 54.3 Å². The van der Waals surface area contributed by atoms with Gasteiger partial charge < -0.3 is 26.0 Å². The van der Waals surface area contributed by atoms with Crippen LogP contribution in [0.15, 0.2) is 48.9 Å². The Balaban J connectivity index is 1.49. The number of nitrogens with zero attached hydrogens (tertiary/aromatic N) is 4. The minimum atomic E-state index is -0.945. The second kappa shape index (κ2) is 10.3. The molecule has 4 rings (SSSR count). The minimum absolute atomic E-state index is 0.180. The Labute approximate surface area is 212 Å². The van der Waals surface area contributed by atoms with Crippen LogP contribution in [-0.2, 0) is 0 Å². The molecule has 1 fully saturated rings. The van der Waals surface area contributed by atoms with Gasteiger partial charge in [0.15, 0.2) is 6.23 Å². The third kappa shape index (κ3) is 5.40. The van der Waals surface area contributed by atoms with Crippen LogP contribution in [0.2, 0.25) is 10.0 Å². The molecule has 0 saturated carbocycles. The number of anilines is 2. The van der Waals surface area contributed by atoms with Gasteiger partial charge in [-0.2, -0.15) is 0 Å². The molecule has 1 atom stereocenters. The average Bonchev–Trinajstić information content (AvgIpc) is 2.85. The summed E-state index contributed by atoms with van der Waals surface area (Å²) in [6, 6.07) is 8.16. The summed E-state index contributed by atoms with van der Waals surface area (Å²) in [5.41, 5.74) is 19.7. The number of piperazine rings is 1. The largest absolute Gasteiger partial charge is 0.471 e. The van der Waals surface area contributed by atoms with E-state index in [9.17, 15) is 4.79 Å². The summed E-state index contributed by atoms with van der Waals surface area (Å²) in [5, 5.41) is 9.26. The van der Waals surface area contributed by atoms with E-state index in [1.807, 2.05) is 6.07 Å². The van der Waals surface area contributed by atoms with Gasteiger partial charge in [-0.15, -0.1) is 0 Å². The standard InChI is InChI=1S/C23H24Cl2N8O2/c24-16-11-30-12-17(25)20(16)22(28)35-14-2-3-18(26)15(9-14)21(27)13-1-4-19(31-10-13)32-5-7-33(8-6-32)23(29)34/h1-4,9-12,22,27H,5-8,26,28H2,(H2,29,34)/t22-/m0/s1. The first-order chi connectivity index (χ1) is 16.7. The van der Waals surface area contributed by atoms with Gasteiger partial charge in [0.2, 0.25) is 0 Å². The summed E-state index contributed by atoms with van der Waals surface area (Å²) in [6.07, 6.45) is 3.54. The lowest BCUT2D eigenvalue weighted by Crippen LogP contribution is -2.50. The van der Waals surface area contributed by atoms with Crippen LogP contribution in [0.1, 0.15) is 22.9 Å². The molecule has 1 aliphatic rings. The van der Waals surface area contributed by atoms with Crippen molar-refractivity contribution in [3.8, 4) is 5.75 Å². The summed E-state index contributed by atoms with van der Waals surface area (Å²) in [5.74, 6) is 1.15. The van der Waals surface area contributed by atoms with Crippen LogP contribution in [0, 0.1) is 5.41 Å². The first-order valence-electron chi connectivity index (χ1n) is 10.7. The first kappa shape index (κ1) is 24.5. The molecular formula is C23H24Cl2N8O2. The summed E-state index contributed by atoms with van der Waals surface area (Å²) in [7, 11) is 0. The Morgan fingerprint density at radius 1 is 1.06 bits per heavy atom. The van der Waals surface area contributed by atoms with Crippen LogP contribution in [0.5, 0.6) is 5.75 Å². The molecule has 10 nitrogen and oxygen atoms in total. The van der Waals surface area contributed by atoms with Crippen molar-refractivity contribution < 1.29 is 9.53 Å². The SMILES string of the molecule is N=C(c1ccc(N2CCN(C(N)=O)CC2)nc1)c1cc(O[C@H](N)c2c(Cl)cncc2Cl)ccc1N. The third-order valence-electron chi connectivity index (χ3n) is 5.68. The van der Waals surface area contributed by atoms with Gasteiger partial charge in [0, 0.05) is 67.1 Å². The van der Waals surface area contributed by atoms with Crippen molar-refractivity contribution in [2.75, 3.05) is 36.8 Å². The van der Waals surface area contributed by atoms with Gasteiger partial charge in [0.1, 0.15) is 11.6 Å². The summed E-state index contributed by atoms with van der Waals surface area (Å²) < 4.78 is 5.84. The molecule has 0 bridgehead atoms. The lowest BCUT2D eigenvalue weighted by molar-refractivity contribution is 0.204. The minimum Gasteiger partial charge on any atom is -0.471 e. The van der Waals surface area contributed by atoms with Gasteiger partial charge in [-0.3, -0.25) is 16.1 Å². The van der Waals surface area contributed by atoms with E-state index in [-0.39, 0.29) is 15.8 Å². The molecule has 1 aliphatic heterocycles. The number of nitrogens with two attached hydrogens (primary N) is 3. The Kier molecular flexibility index (Phi) is 7.25. The Bertz CT molecular complexity index is 1230. The number of amides is 2. The second-order valence-corrected chi connectivity index (χ2v) is 8.71. The molecule has 1 saturated heterocycles. The number of primary amides is 1. The number of carbonyl (C=O) groups is 1. The highest BCUT2D eigenvalue weighted by Crippen LogP contribution is 2.31. The fourth-order valence-corrected chi connectivity index (χ4v) is 4.34. The summed E-state index contributed by atoms with van der Waals surface area (Å²) in [6.45, 7) is 2.33. The number of benzene rings is 1. The predicted molar refractivity (Wildman–Crippen MR) is 136 cm³/mol. The molecule has 7 N–H and O–H groups in total. The molecule has 3 aromatic rings. The first-order valence-corrected chi connectivity index (χ1v) is 11.5. The molecule has 0 unspecified atom stereocenters. The molecule has 0 aliphatic carbocycles. The maximum atomic E-state index is 11.3. The number of nitrogens with one attached hydrogen (secondary N) is 1. The molecule has 0 radical (unpaired) electrons. The van der Waals surface area contributed by atoms with Crippen molar-refractivity contribution in [2.24, 2.45) is 11.5 Å². The number of urea groups is 1. The molecule has 35 heavy (non-hydrogen) atoms. The smallest absolute Gasteiger partial charge is 0.314 e. The number of carbonyl (C=O) groups excluding carboxylic acids is 1. The van der Waals surface area contributed by atoms with Crippen molar-refractivity contribution in [3.63, 3.8) is 0 Å². The van der Waals surface area contributed by atoms with Crippen molar-refractivity contribution >= 4 is 46.4 Å². The summed E-state index contributed by atoms with van der Waals surface area (Å²) >= 11 is 12.3. The fourth-order valence-electron chi connectivity index (χ4n) is 3.76. The van der Waals surface area contributed by atoms with Gasteiger partial charge in [-0.05, 0) is 30.3 Å². The predicted octanol–water partition coefficient (Wildman–Crippen LogP) is 3.02. The Morgan fingerprint density at radius 2 is 1.74 bits per heavy atom. The van der Waals surface area contributed by atoms with Crippen molar-refractivity contribution in [3.05, 3.63) is 75.7 Å². The van der Waals surface area contributed by atoms with Crippen LogP contribution in [0.3, 0.4) is 0 Å². The highest BCUT2D eigenvalue weighted by atomic mass is 35.5. The van der Waals surface area contributed by atoms with Crippen LogP contribution in [-0.4, -0.2) is 52.8 Å². The quantitative estimate of drug-likeness (QED) is 0.223. The number of ether oxygens (including phenoxy) is 1. The van der Waals surface area contributed by atoms with Crippen molar-refractivity contribution in [2.45, 2.75) is 6.23 Å². The van der Waals surface area contributed by atoms with Crippen LogP contribution in [0.25, 0.3) is 0 Å². The number of hydrogen-bond donors (Lipinski definition) is 4. The van der Waals surface area contributed by atoms with E-state index in [2.05, 4.69) is 14.9 Å². The van der Waals surface area contributed by atoms with E-state index < -0.39 is 12.3 Å². The number of aromatic nitrogens is 2. The zero-order valence-corrected chi connectivity index (χ0v) is 20.1. The molecule has 12 heteroatoms. The zero-order valence-electron chi connectivity index (χ0n) is 18.6. The highest BCUT2D eigenvalue weighted by molar-refractivity contribution is 6.35. The molecular weight excluding hydrogens is 491 g/mol. The normalized spacial score (nSPS) is 14.5. The van der Waals surface area contributed by atoms with Gasteiger partial charge in [-0.25, -0.2) is 9.78 Å². The summed E-state index contributed by atoms with van der Waals surface area (Å²) in [4.78, 5) is 23.4. The van der Waals surface area contributed by atoms with E-state index >= 15 is 0 Å². The van der Waals surface area contributed by atoms with Crippen LogP contribution < -0.4 is 26.8 Å². The monoisotopic (exact) mass is 514 g/mol. The van der Waals surface area contributed by atoms with E-state index in [0.717, 1.165) is 5.82 Å². The van der Waals surface area contributed by atoms with Crippen molar-refractivity contribution in [1.82, 2.24) is 14.9 Å². The number of nitrogen functional groups attached to an aromatic ring is 1. The maximum Gasteiger partial charge on any atom is 0.314 e. The zero-order chi connectivity index (χ0) is 25.1. The maximum absolute atomic E-state index is 11.3. The topological polar surface area (TPSA) is 160 Å². The molecule has 2 aromatic heterocycles.